The summed E-state index contributed by atoms with van der Waals surface area (Å²) >= 11 is 0. The van der Waals surface area contributed by atoms with E-state index in [1.165, 1.54) is 0 Å². The Morgan fingerprint density at radius 1 is 1.09 bits per heavy atom. The number of aromatic nitrogens is 3. The number of hydrogen-bond donors (Lipinski definition) is 3. The van der Waals surface area contributed by atoms with Crippen LogP contribution < -0.4 is 11.1 Å². The molecule has 0 spiro atoms. The maximum Gasteiger partial charge on any atom is 0.251 e. The molecule has 32 heavy (non-hydrogen) atoms. The molecule has 1 aromatic carbocycles. The molecule has 0 radical (unpaired) electrons. The number of anilines is 1. The van der Waals surface area contributed by atoms with E-state index in [-0.39, 0.29) is 12.0 Å². The van der Waals surface area contributed by atoms with E-state index in [4.69, 9.17) is 10.2 Å². The molecule has 4 aromatic rings. The molecule has 162 valence electrons. The van der Waals surface area contributed by atoms with E-state index < -0.39 is 0 Å². The molecular formula is C24H23N5O3. The maximum absolute atomic E-state index is 11.9. The Kier molecular flexibility index (Phi) is 4.29. The smallest absolute Gasteiger partial charge is 0.251 e. The van der Waals surface area contributed by atoms with Crippen molar-refractivity contribution in [1.29, 1.82) is 0 Å². The summed E-state index contributed by atoms with van der Waals surface area (Å²) in [5.74, 6) is 0.967. The van der Waals surface area contributed by atoms with E-state index in [0.717, 1.165) is 53.3 Å². The number of benzene rings is 1. The highest BCUT2D eigenvalue weighted by Gasteiger charge is 2.23. The van der Waals surface area contributed by atoms with Crippen LogP contribution in [0.2, 0.25) is 0 Å². The maximum atomic E-state index is 11.9. The van der Waals surface area contributed by atoms with Crippen LogP contribution in [0.3, 0.4) is 0 Å². The summed E-state index contributed by atoms with van der Waals surface area (Å²) in [4.78, 5) is 16.2. The molecule has 1 amide bonds. The van der Waals surface area contributed by atoms with Gasteiger partial charge in [0.1, 0.15) is 5.76 Å². The third-order valence-electron chi connectivity index (χ3n) is 6.61. The Bertz CT molecular complexity index is 1350. The lowest BCUT2D eigenvalue weighted by Gasteiger charge is -2.25. The van der Waals surface area contributed by atoms with Crippen molar-refractivity contribution in [3.05, 3.63) is 54.0 Å². The summed E-state index contributed by atoms with van der Waals surface area (Å²) in [6.45, 7) is 0.522. The fourth-order valence-electron chi connectivity index (χ4n) is 4.80. The number of nitrogens with zero attached hydrogens (tertiary/aromatic N) is 3. The van der Waals surface area contributed by atoms with Crippen molar-refractivity contribution in [2.45, 2.75) is 44.4 Å². The van der Waals surface area contributed by atoms with Crippen LogP contribution in [0.5, 0.6) is 0 Å². The minimum absolute atomic E-state index is 0.0450. The summed E-state index contributed by atoms with van der Waals surface area (Å²) in [7, 11) is 0. The van der Waals surface area contributed by atoms with Crippen LogP contribution in [-0.2, 0) is 6.54 Å². The highest BCUT2D eigenvalue weighted by molar-refractivity contribution is 6.01. The Labute approximate surface area is 184 Å². The predicted molar refractivity (Wildman–Crippen MR) is 120 cm³/mol. The minimum Gasteiger partial charge on any atom is -0.452 e. The molecule has 8 nitrogen and oxygen atoms in total. The van der Waals surface area contributed by atoms with Crippen LogP contribution in [0.1, 0.15) is 47.6 Å². The van der Waals surface area contributed by atoms with Gasteiger partial charge in [0.15, 0.2) is 11.4 Å². The van der Waals surface area contributed by atoms with Gasteiger partial charge in [-0.3, -0.25) is 9.48 Å². The number of aliphatic hydroxyl groups excluding tert-OH is 1. The number of fused-ring (bicyclic) bond motifs is 2. The number of furan rings is 1. The first kappa shape index (κ1) is 19.1. The zero-order valence-corrected chi connectivity index (χ0v) is 17.4. The van der Waals surface area contributed by atoms with Crippen molar-refractivity contribution in [3.8, 4) is 22.5 Å². The molecule has 0 bridgehead atoms. The van der Waals surface area contributed by atoms with Gasteiger partial charge in [0.05, 0.1) is 18.3 Å². The molecule has 0 atom stereocenters. The van der Waals surface area contributed by atoms with Gasteiger partial charge in [-0.15, -0.1) is 0 Å². The Morgan fingerprint density at radius 3 is 2.78 bits per heavy atom. The first-order chi connectivity index (χ1) is 15.6. The number of carbonyl (C=O) groups is 1. The first-order valence-corrected chi connectivity index (χ1v) is 10.9. The third-order valence-corrected chi connectivity index (χ3v) is 6.61. The van der Waals surface area contributed by atoms with Crippen LogP contribution in [0.15, 0.2) is 47.3 Å². The SMILES string of the molecule is Nc1ncc(-c2cnn([C@H]3CC[C@H](O)CC3)c2)c2cc(-c3ccc4c(c3)CNC4=O)oc12. The lowest BCUT2D eigenvalue weighted by atomic mass is 9.93. The molecular weight excluding hydrogens is 406 g/mol. The van der Waals surface area contributed by atoms with Gasteiger partial charge in [0, 0.05) is 46.6 Å². The van der Waals surface area contributed by atoms with Crippen LogP contribution in [-0.4, -0.2) is 31.9 Å². The number of aliphatic hydroxyl groups is 1. The second-order valence-electron chi connectivity index (χ2n) is 8.64. The predicted octanol–water partition coefficient (Wildman–Crippen LogP) is 3.66. The van der Waals surface area contributed by atoms with Gasteiger partial charge in [-0.2, -0.15) is 5.10 Å². The molecule has 1 fully saturated rings. The number of nitrogens with two attached hydrogens (primary N) is 1. The second kappa shape index (κ2) is 7.20. The second-order valence-corrected chi connectivity index (χ2v) is 8.64. The molecule has 6 rings (SSSR count). The van der Waals surface area contributed by atoms with E-state index in [9.17, 15) is 9.90 Å². The third kappa shape index (κ3) is 3.06. The van der Waals surface area contributed by atoms with E-state index in [1.807, 2.05) is 41.3 Å². The molecule has 1 aliphatic heterocycles. The lowest BCUT2D eigenvalue weighted by Crippen LogP contribution is -2.21. The van der Waals surface area contributed by atoms with Crippen LogP contribution in [0, 0.1) is 0 Å². The monoisotopic (exact) mass is 429 g/mol. The fourth-order valence-corrected chi connectivity index (χ4v) is 4.80. The van der Waals surface area contributed by atoms with Crippen LogP contribution in [0.25, 0.3) is 33.4 Å². The molecule has 0 saturated heterocycles. The Morgan fingerprint density at radius 2 is 1.94 bits per heavy atom. The first-order valence-electron chi connectivity index (χ1n) is 10.9. The van der Waals surface area contributed by atoms with Gasteiger partial charge >= 0.3 is 0 Å². The zero-order valence-electron chi connectivity index (χ0n) is 17.4. The summed E-state index contributed by atoms with van der Waals surface area (Å²) in [5.41, 5.74) is 11.1. The van der Waals surface area contributed by atoms with Crippen molar-refractivity contribution < 1.29 is 14.3 Å². The van der Waals surface area contributed by atoms with E-state index >= 15 is 0 Å². The van der Waals surface area contributed by atoms with Crippen molar-refractivity contribution in [3.63, 3.8) is 0 Å². The summed E-state index contributed by atoms with van der Waals surface area (Å²) in [5, 5.41) is 18.1. The Balaban J connectivity index is 1.39. The quantitative estimate of drug-likeness (QED) is 0.457. The molecule has 2 aliphatic rings. The minimum atomic E-state index is -0.195. The van der Waals surface area contributed by atoms with Gasteiger partial charge in [-0.05, 0) is 49.4 Å². The van der Waals surface area contributed by atoms with Crippen LogP contribution >= 0.6 is 0 Å². The lowest BCUT2D eigenvalue weighted by molar-refractivity contribution is 0.0965. The number of nitrogens with one attached hydrogen (secondary N) is 1. The van der Waals surface area contributed by atoms with Crippen molar-refractivity contribution in [2.75, 3.05) is 5.73 Å². The molecule has 0 unspecified atom stereocenters. The largest absolute Gasteiger partial charge is 0.452 e. The topological polar surface area (TPSA) is 119 Å². The molecule has 4 N–H and O–H groups in total. The number of rotatable bonds is 3. The van der Waals surface area contributed by atoms with Crippen molar-refractivity contribution >= 4 is 22.7 Å². The van der Waals surface area contributed by atoms with Gasteiger partial charge < -0.3 is 20.6 Å². The highest BCUT2D eigenvalue weighted by Crippen LogP contribution is 2.38. The van der Waals surface area contributed by atoms with Crippen molar-refractivity contribution in [2.24, 2.45) is 0 Å². The summed E-state index contributed by atoms with van der Waals surface area (Å²) in [6.07, 6.45) is 8.90. The Hall–Kier alpha value is -3.65. The molecule has 4 heterocycles. The van der Waals surface area contributed by atoms with Crippen LogP contribution in [0.4, 0.5) is 5.82 Å². The highest BCUT2D eigenvalue weighted by atomic mass is 16.3. The van der Waals surface area contributed by atoms with Gasteiger partial charge in [-0.1, -0.05) is 6.07 Å². The van der Waals surface area contributed by atoms with E-state index in [0.29, 0.717) is 35.3 Å². The number of pyridine rings is 1. The summed E-state index contributed by atoms with van der Waals surface area (Å²) < 4.78 is 8.12. The fraction of sp³-hybridized carbons (Fsp3) is 0.292. The van der Waals surface area contributed by atoms with Crippen molar-refractivity contribution in [1.82, 2.24) is 20.1 Å². The molecule has 1 aliphatic carbocycles. The van der Waals surface area contributed by atoms with Gasteiger partial charge in [-0.25, -0.2) is 4.98 Å². The average molecular weight is 429 g/mol. The van der Waals surface area contributed by atoms with Gasteiger partial charge in [0.2, 0.25) is 0 Å². The standard InChI is InChI=1S/C24H23N5O3/c25-23-22-19(8-21(32-22)13-1-6-18-14(7-13)9-27-24(18)31)20(11-26-23)15-10-28-29(12-15)16-2-4-17(30)5-3-16/h1,6-8,10-12,16-17,30H,2-5,9H2,(H2,25,26)(H,27,31)/t16-,17-. The van der Waals surface area contributed by atoms with E-state index in [2.05, 4.69) is 15.4 Å². The zero-order chi connectivity index (χ0) is 21.8. The summed E-state index contributed by atoms with van der Waals surface area (Å²) in [6, 6.07) is 7.97. The average Bonchev–Trinajstić information content (AvgIpc) is 3.54. The number of hydrogen-bond acceptors (Lipinski definition) is 6. The number of nitrogen functional groups attached to an aromatic ring is 1. The van der Waals surface area contributed by atoms with Gasteiger partial charge in [0.25, 0.3) is 5.91 Å². The molecule has 1 saturated carbocycles. The molecule has 8 heteroatoms. The van der Waals surface area contributed by atoms with E-state index in [1.54, 1.807) is 6.20 Å². The number of carbonyl (C=O) groups excluding carboxylic acids is 1. The number of amides is 1. The normalized spacial score (nSPS) is 20.5. The molecule has 3 aromatic heterocycles.